The number of halogens is 1. The zero-order chi connectivity index (χ0) is 13.0. The third-order valence-electron chi connectivity index (χ3n) is 2.70. The van der Waals surface area contributed by atoms with Crippen LogP contribution in [0.2, 0.25) is 0 Å². The lowest BCUT2D eigenvalue weighted by molar-refractivity contribution is 0.880. The van der Waals surface area contributed by atoms with Gasteiger partial charge in [-0.3, -0.25) is 4.98 Å². The molecule has 4 heteroatoms. The minimum Gasteiger partial charge on any atom is -0.377 e. The molecule has 2 rings (SSSR count). The molecule has 0 amide bonds. The van der Waals surface area contributed by atoms with E-state index in [2.05, 4.69) is 63.7 Å². The SMILES string of the molecule is CSc1ccc(C(C)Nc2cncc(Br)c2)cc1. The number of rotatable bonds is 4. The Labute approximate surface area is 120 Å². The Morgan fingerprint density at radius 3 is 2.56 bits per heavy atom. The van der Waals surface area contributed by atoms with Crippen molar-refractivity contribution in [2.75, 3.05) is 11.6 Å². The second-order valence-corrected chi connectivity index (χ2v) is 5.83. The smallest absolute Gasteiger partial charge is 0.0542 e. The third kappa shape index (κ3) is 3.50. The molecule has 1 aromatic heterocycles. The highest BCUT2D eigenvalue weighted by Crippen LogP contribution is 2.23. The minimum atomic E-state index is 0.261. The first-order valence-electron chi connectivity index (χ1n) is 5.70. The number of benzene rings is 1. The maximum absolute atomic E-state index is 4.15. The fourth-order valence-electron chi connectivity index (χ4n) is 1.72. The van der Waals surface area contributed by atoms with Gasteiger partial charge < -0.3 is 5.32 Å². The molecule has 1 atom stereocenters. The van der Waals surface area contributed by atoms with E-state index in [4.69, 9.17) is 0 Å². The first-order chi connectivity index (χ1) is 8.69. The summed E-state index contributed by atoms with van der Waals surface area (Å²) in [5.41, 5.74) is 2.29. The van der Waals surface area contributed by atoms with Gasteiger partial charge in [-0.05, 0) is 52.9 Å². The summed E-state index contributed by atoms with van der Waals surface area (Å²) in [5, 5.41) is 3.44. The van der Waals surface area contributed by atoms with E-state index in [0.29, 0.717) is 0 Å². The summed E-state index contributed by atoms with van der Waals surface area (Å²) < 4.78 is 0.984. The van der Waals surface area contributed by atoms with Gasteiger partial charge in [-0.15, -0.1) is 11.8 Å². The van der Waals surface area contributed by atoms with Gasteiger partial charge in [-0.1, -0.05) is 12.1 Å². The Morgan fingerprint density at radius 1 is 1.22 bits per heavy atom. The maximum atomic E-state index is 4.15. The molecule has 1 N–H and O–H groups in total. The Balaban J connectivity index is 2.09. The molecular weight excluding hydrogens is 308 g/mol. The number of aromatic nitrogens is 1. The summed E-state index contributed by atoms with van der Waals surface area (Å²) in [6.45, 7) is 2.15. The van der Waals surface area contributed by atoms with E-state index in [-0.39, 0.29) is 6.04 Å². The fraction of sp³-hybridized carbons (Fsp3) is 0.214. The summed E-state index contributed by atoms with van der Waals surface area (Å²) >= 11 is 5.18. The molecule has 0 saturated heterocycles. The largest absolute Gasteiger partial charge is 0.377 e. The minimum absolute atomic E-state index is 0.261. The molecule has 0 spiro atoms. The first-order valence-corrected chi connectivity index (χ1v) is 7.72. The molecule has 94 valence electrons. The average molecular weight is 323 g/mol. The number of nitrogens with one attached hydrogen (secondary N) is 1. The van der Waals surface area contributed by atoms with Gasteiger partial charge in [0, 0.05) is 21.6 Å². The van der Waals surface area contributed by atoms with Gasteiger partial charge in [0.25, 0.3) is 0 Å². The van der Waals surface area contributed by atoms with E-state index in [0.717, 1.165) is 10.2 Å². The van der Waals surface area contributed by atoms with Crippen molar-refractivity contribution in [2.45, 2.75) is 17.9 Å². The van der Waals surface area contributed by atoms with Gasteiger partial charge in [0.05, 0.1) is 11.9 Å². The topological polar surface area (TPSA) is 24.9 Å². The van der Waals surface area contributed by atoms with Crippen LogP contribution in [0.15, 0.2) is 52.1 Å². The Hall–Kier alpha value is -1.00. The van der Waals surface area contributed by atoms with Crippen molar-refractivity contribution in [3.05, 3.63) is 52.8 Å². The molecule has 1 unspecified atom stereocenters. The van der Waals surface area contributed by atoms with E-state index in [1.54, 1.807) is 18.0 Å². The van der Waals surface area contributed by atoms with Crippen molar-refractivity contribution < 1.29 is 0 Å². The average Bonchev–Trinajstić information content (AvgIpc) is 2.39. The van der Waals surface area contributed by atoms with Crippen molar-refractivity contribution in [2.24, 2.45) is 0 Å². The molecule has 0 bridgehead atoms. The van der Waals surface area contributed by atoms with Crippen LogP contribution in [0.1, 0.15) is 18.5 Å². The highest BCUT2D eigenvalue weighted by molar-refractivity contribution is 9.10. The van der Waals surface area contributed by atoms with E-state index in [9.17, 15) is 0 Å². The number of anilines is 1. The quantitative estimate of drug-likeness (QED) is 0.823. The summed E-state index contributed by atoms with van der Waals surface area (Å²) in [7, 11) is 0. The molecule has 0 aliphatic heterocycles. The monoisotopic (exact) mass is 322 g/mol. The summed E-state index contributed by atoms with van der Waals surface area (Å²) in [6, 6.07) is 10.9. The fourth-order valence-corrected chi connectivity index (χ4v) is 2.49. The van der Waals surface area contributed by atoms with E-state index in [1.807, 2.05) is 12.3 Å². The summed E-state index contributed by atoms with van der Waals surface area (Å²) in [4.78, 5) is 5.43. The standard InChI is InChI=1S/C14H15BrN2S/c1-10(11-3-5-14(18-2)6-4-11)17-13-7-12(15)8-16-9-13/h3-10,17H,1-2H3. The number of nitrogens with zero attached hydrogens (tertiary/aromatic N) is 1. The summed E-state index contributed by atoms with van der Waals surface area (Å²) in [5.74, 6) is 0. The number of hydrogen-bond acceptors (Lipinski definition) is 3. The highest BCUT2D eigenvalue weighted by Gasteiger charge is 2.05. The molecule has 0 saturated carbocycles. The van der Waals surface area contributed by atoms with Crippen LogP contribution in [-0.2, 0) is 0 Å². The van der Waals surface area contributed by atoms with Crippen LogP contribution in [0.3, 0.4) is 0 Å². The molecule has 0 aliphatic carbocycles. The lowest BCUT2D eigenvalue weighted by Gasteiger charge is -2.15. The van der Waals surface area contributed by atoms with Crippen molar-refractivity contribution in [3.8, 4) is 0 Å². The molecule has 0 fully saturated rings. The zero-order valence-electron chi connectivity index (χ0n) is 10.4. The van der Waals surface area contributed by atoms with Crippen LogP contribution in [0.25, 0.3) is 0 Å². The van der Waals surface area contributed by atoms with Crippen LogP contribution in [0, 0.1) is 0 Å². The van der Waals surface area contributed by atoms with Crippen LogP contribution in [-0.4, -0.2) is 11.2 Å². The van der Waals surface area contributed by atoms with Gasteiger partial charge in [-0.2, -0.15) is 0 Å². The predicted molar refractivity (Wildman–Crippen MR) is 82.2 cm³/mol. The van der Waals surface area contributed by atoms with Gasteiger partial charge in [0.2, 0.25) is 0 Å². The molecule has 1 heterocycles. The van der Waals surface area contributed by atoms with Gasteiger partial charge in [0.1, 0.15) is 0 Å². The van der Waals surface area contributed by atoms with Gasteiger partial charge in [-0.25, -0.2) is 0 Å². The molecule has 18 heavy (non-hydrogen) atoms. The van der Waals surface area contributed by atoms with Gasteiger partial charge in [0.15, 0.2) is 0 Å². The molecule has 1 aromatic carbocycles. The lowest BCUT2D eigenvalue weighted by Crippen LogP contribution is -2.06. The van der Waals surface area contributed by atoms with E-state index >= 15 is 0 Å². The highest BCUT2D eigenvalue weighted by atomic mass is 79.9. The summed E-state index contributed by atoms with van der Waals surface area (Å²) in [6.07, 6.45) is 5.70. The molecular formula is C14H15BrN2S. The van der Waals surface area contributed by atoms with Crippen molar-refractivity contribution >= 4 is 33.4 Å². The molecule has 2 nitrogen and oxygen atoms in total. The van der Waals surface area contributed by atoms with Crippen molar-refractivity contribution in [1.82, 2.24) is 4.98 Å². The van der Waals surface area contributed by atoms with Crippen molar-refractivity contribution in [1.29, 1.82) is 0 Å². The van der Waals surface area contributed by atoms with E-state index in [1.165, 1.54) is 10.5 Å². The second kappa shape index (κ2) is 6.25. The maximum Gasteiger partial charge on any atom is 0.0542 e. The van der Waals surface area contributed by atoms with Crippen LogP contribution >= 0.6 is 27.7 Å². The Kier molecular flexibility index (Phi) is 4.66. The Morgan fingerprint density at radius 2 is 1.94 bits per heavy atom. The number of hydrogen-bond donors (Lipinski definition) is 1. The number of pyridine rings is 1. The number of thioether (sulfide) groups is 1. The third-order valence-corrected chi connectivity index (χ3v) is 3.88. The van der Waals surface area contributed by atoms with Crippen LogP contribution < -0.4 is 5.32 Å². The Bertz CT molecular complexity index is 513. The normalized spacial score (nSPS) is 12.2. The zero-order valence-corrected chi connectivity index (χ0v) is 12.8. The van der Waals surface area contributed by atoms with Crippen LogP contribution in [0.5, 0.6) is 0 Å². The molecule has 0 radical (unpaired) electrons. The van der Waals surface area contributed by atoms with E-state index < -0.39 is 0 Å². The molecule has 0 aliphatic rings. The van der Waals surface area contributed by atoms with Crippen molar-refractivity contribution in [3.63, 3.8) is 0 Å². The molecule has 2 aromatic rings. The first kappa shape index (κ1) is 13.4. The second-order valence-electron chi connectivity index (χ2n) is 4.03. The predicted octanol–water partition coefficient (Wildman–Crippen LogP) is 4.74. The lowest BCUT2D eigenvalue weighted by atomic mass is 10.1. The van der Waals surface area contributed by atoms with Crippen LogP contribution in [0.4, 0.5) is 5.69 Å². The van der Waals surface area contributed by atoms with Gasteiger partial charge >= 0.3 is 0 Å².